The van der Waals surface area contributed by atoms with E-state index in [4.69, 9.17) is 4.98 Å². The van der Waals surface area contributed by atoms with Crippen molar-refractivity contribution in [3.63, 3.8) is 0 Å². The van der Waals surface area contributed by atoms with Gasteiger partial charge >= 0.3 is 5.97 Å². The summed E-state index contributed by atoms with van der Waals surface area (Å²) < 4.78 is 0. The molecule has 0 spiro atoms. The number of carbonyl (C=O) groups excluding carboxylic acids is 1. The number of pyridine rings is 2. The van der Waals surface area contributed by atoms with Crippen LogP contribution in [0.2, 0.25) is 0 Å². The van der Waals surface area contributed by atoms with E-state index in [2.05, 4.69) is 22.4 Å². The molecular weight excluding hydrogens is 416 g/mol. The number of anilines is 1. The first-order valence-corrected chi connectivity index (χ1v) is 12.2. The first-order chi connectivity index (χ1) is 16.1. The van der Waals surface area contributed by atoms with Crippen LogP contribution in [0.1, 0.15) is 67.7 Å². The Morgan fingerprint density at radius 2 is 2.06 bits per heavy atom. The lowest BCUT2D eigenvalue weighted by molar-refractivity contribution is -0.137. The molecule has 1 atom stereocenters. The second kappa shape index (κ2) is 11.3. The summed E-state index contributed by atoms with van der Waals surface area (Å²) in [5.41, 5.74) is 3.25. The maximum absolute atomic E-state index is 12.7. The first kappa shape index (κ1) is 23.2. The lowest BCUT2D eigenvalue weighted by Gasteiger charge is -2.32. The van der Waals surface area contributed by atoms with Crippen molar-refractivity contribution in [2.24, 2.45) is 5.92 Å². The third kappa shape index (κ3) is 6.53. The molecule has 7 heteroatoms. The summed E-state index contributed by atoms with van der Waals surface area (Å²) in [5, 5.41) is 12.7. The molecule has 0 aromatic carbocycles. The van der Waals surface area contributed by atoms with Crippen LogP contribution >= 0.6 is 0 Å². The molecule has 1 amide bonds. The maximum atomic E-state index is 12.7. The Kier molecular flexibility index (Phi) is 7.92. The molecule has 7 nitrogen and oxygen atoms in total. The summed E-state index contributed by atoms with van der Waals surface area (Å²) in [7, 11) is 0. The lowest BCUT2D eigenvalue weighted by Crippen LogP contribution is -2.38. The molecule has 1 saturated heterocycles. The maximum Gasteiger partial charge on any atom is 0.303 e. The highest BCUT2D eigenvalue weighted by Gasteiger charge is 2.24. The molecule has 1 fully saturated rings. The van der Waals surface area contributed by atoms with Crippen LogP contribution in [0.4, 0.5) is 5.82 Å². The van der Waals surface area contributed by atoms with Gasteiger partial charge in [-0.05, 0) is 80.0 Å². The standard InChI is InChI=1S/C26H34N4O3/c31-24(10-9-23-8-7-20-3-2-14-28-26(20)29-23)30-15-11-19(12-16-30)5-6-21(17-25(32)33)22-4-1-13-27-18-22/h1,4,7-8,13,18-19,21H,2-3,5-6,9-12,14-17H2,(H,28,29)(H,32,33). The van der Waals surface area contributed by atoms with Crippen LogP contribution in [0.15, 0.2) is 36.7 Å². The fraction of sp³-hybridized carbons (Fsp3) is 0.538. The van der Waals surface area contributed by atoms with E-state index in [1.165, 1.54) is 5.56 Å². The van der Waals surface area contributed by atoms with E-state index in [1.807, 2.05) is 17.0 Å². The van der Waals surface area contributed by atoms with E-state index in [0.29, 0.717) is 18.8 Å². The first-order valence-electron chi connectivity index (χ1n) is 12.2. The zero-order valence-corrected chi connectivity index (χ0v) is 19.2. The van der Waals surface area contributed by atoms with Crippen molar-refractivity contribution in [1.29, 1.82) is 0 Å². The molecule has 4 heterocycles. The number of carboxylic acid groups (broad SMARTS) is 1. The molecule has 0 saturated carbocycles. The second-order valence-corrected chi connectivity index (χ2v) is 9.32. The highest BCUT2D eigenvalue weighted by Crippen LogP contribution is 2.30. The van der Waals surface area contributed by atoms with Crippen molar-refractivity contribution < 1.29 is 14.7 Å². The second-order valence-electron chi connectivity index (χ2n) is 9.32. The zero-order chi connectivity index (χ0) is 23.0. The van der Waals surface area contributed by atoms with Gasteiger partial charge in [0.05, 0.1) is 6.42 Å². The van der Waals surface area contributed by atoms with Crippen LogP contribution in [-0.2, 0) is 22.4 Å². The van der Waals surface area contributed by atoms with Gasteiger partial charge in [0, 0.05) is 44.1 Å². The van der Waals surface area contributed by atoms with Gasteiger partial charge in [-0.25, -0.2) is 4.98 Å². The van der Waals surface area contributed by atoms with E-state index < -0.39 is 5.97 Å². The minimum atomic E-state index is -0.770. The van der Waals surface area contributed by atoms with Crippen molar-refractivity contribution in [1.82, 2.24) is 14.9 Å². The van der Waals surface area contributed by atoms with Gasteiger partial charge in [0.2, 0.25) is 5.91 Å². The highest BCUT2D eigenvalue weighted by molar-refractivity contribution is 5.76. The van der Waals surface area contributed by atoms with Crippen molar-refractivity contribution in [2.45, 2.75) is 63.7 Å². The molecule has 176 valence electrons. The third-order valence-corrected chi connectivity index (χ3v) is 7.01. The predicted molar refractivity (Wildman–Crippen MR) is 127 cm³/mol. The molecule has 2 aliphatic rings. The number of rotatable bonds is 9. The van der Waals surface area contributed by atoms with E-state index in [1.54, 1.807) is 12.4 Å². The Morgan fingerprint density at radius 1 is 1.21 bits per heavy atom. The average Bonchev–Trinajstić information content (AvgIpc) is 2.85. The fourth-order valence-corrected chi connectivity index (χ4v) is 5.02. The monoisotopic (exact) mass is 450 g/mol. The number of fused-ring (bicyclic) bond motifs is 1. The summed E-state index contributed by atoms with van der Waals surface area (Å²) in [5.74, 6) is 0.956. The van der Waals surface area contributed by atoms with Crippen molar-refractivity contribution in [3.8, 4) is 0 Å². The van der Waals surface area contributed by atoms with Gasteiger partial charge in [-0.15, -0.1) is 0 Å². The number of aromatic nitrogens is 2. The largest absolute Gasteiger partial charge is 0.481 e. The predicted octanol–water partition coefficient (Wildman–Crippen LogP) is 4.04. The number of nitrogens with zero attached hydrogens (tertiary/aromatic N) is 3. The zero-order valence-electron chi connectivity index (χ0n) is 19.2. The molecule has 33 heavy (non-hydrogen) atoms. The average molecular weight is 451 g/mol. The molecule has 0 aliphatic carbocycles. The Hall–Kier alpha value is -2.96. The molecule has 1 unspecified atom stereocenters. The number of hydrogen-bond donors (Lipinski definition) is 2. The van der Waals surface area contributed by atoms with E-state index in [9.17, 15) is 14.7 Å². The number of amides is 1. The fourth-order valence-electron chi connectivity index (χ4n) is 5.02. The summed E-state index contributed by atoms with van der Waals surface area (Å²) in [6.07, 6.45) is 10.8. The molecule has 2 aromatic heterocycles. The Labute approximate surface area is 195 Å². The Bertz CT molecular complexity index is 942. The molecule has 2 aromatic rings. The van der Waals surface area contributed by atoms with Crippen LogP contribution in [-0.4, -0.2) is 51.5 Å². The van der Waals surface area contributed by atoms with Gasteiger partial charge < -0.3 is 15.3 Å². The van der Waals surface area contributed by atoms with Crippen LogP contribution in [0.5, 0.6) is 0 Å². The van der Waals surface area contributed by atoms with Crippen LogP contribution in [0.25, 0.3) is 0 Å². The number of piperidine rings is 1. The van der Waals surface area contributed by atoms with Crippen molar-refractivity contribution in [3.05, 3.63) is 53.5 Å². The van der Waals surface area contributed by atoms with Gasteiger partial charge in [-0.2, -0.15) is 0 Å². The number of hydrogen-bond acceptors (Lipinski definition) is 5. The highest BCUT2D eigenvalue weighted by atomic mass is 16.4. The number of carbonyl (C=O) groups is 2. The Morgan fingerprint density at radius 3 is 2.82 bits per heavy atom. The number of likely N-dealkylation sites (tertiary alicyclic amines) is 1. The summed E-state index contributed by atoms with van der Waals surface area (Å²) >= 11 is 0. The van der Waals surface area contributed by atoms with Gasteiger partial charge in [-0.3, -0.25) is 14.6 Å². The molecule has 0 bridgehead atoms. The quantitative estimate of drug-likeness (QED) is 0.599. The van der Waals surface area contributed by atoms with Crippen molar-refractivity contribution in [2.75, 3.05) is 25.0 Å². The van der Waals surface area contributed by atoms with Gasteiger partial charge in [-0.1, -0.05) is 12.1 Å². The van der Waals surface area contributed by atoms with Crippen LogP contribution in [0, 0.1) is 5.92 Å². The lowest BCUT2D eigenvalue weighted by atomic mass is 9.85. The van der Waals surface area contributed by atoms with Gasteiger partial charge in [0.1, 0.15) is 5.82 Å². The number of carboxylic acids is 1. The van der Waals surface area contributed by atoms with Crippen LogP contribution < -0.4 is 5.32 Å². The van der Waals surface area contributed by atoms with E-state index in [0.717, 1.165) is 75.2 Å². The van der Waals surface area contributed by atoms with E-state index in [-0.39, 0.29) is 18.2 Å². The summed E-state index contributed by atoms with van der Waals surface area (Å²) in [4.78, 5) is 34.9. The SMILES string of the molecule is O=C(O)CC(CCC1CCN(C(=O)CCc2ccc3c(n2)NCCC3)CC1)c1cccnc1. The van der Waals surface area contributed by atoms with Crippen LogP contribution in [0.3, 0.4) is 0 Å². The minimum absolute atomic E-state index is 0.00512. The smallest absolute Gasteiger partial charge is 0.303 e. The molecule has 2 aliphatic heterocycles. The minimum Gasteiger partial charge on any atom is -0.481 e. The molecule has 4 rings (SSSR count). The topological polar surface area (TPSA) is 95.4 Å². The number of nitrogens with one attached hydrogen (secondary N) is 1. The van der Waals surface area contributed by atoms with Gasteiger partial charge in [0.15, 0.2) is 0 Å². The normalized spacial score (nSPS) is 17.2. The summed E-state index contributed by atoms with van der Waals surface area (Å²) in [6.45, 7) is 2.55. The molecule has 2 N–H and O–H groups in total. The third-order valence-electron chi connectivity index (χ3n) is 7.01. The molecular formula is C26H34N4O3. The van der Waals surface area contributed by atoms with E-state index >= 15 is 0 Å². The Balaban J connectivity index is 1.21. The number of aryl methyl sites for hydroxylation is 2. The molecule has 0 radical (unpaired) electrons. The summed E-state index contributed by atoms with van der Waals surface area (Å²) in [6, 6.07) is 8.03. The number of aliphatic carboxylic acids is 1. The van der Waals surface area contributed by atoms with Crippen molar-refractivity contribution >= 4 is 17.7 Å². The van der Waals surface area contributed by atoms with Gasteiger partial charge in [0.25, 0.3) is 0 Å².